The van der Waals surface area contributed by atoms with Crippen LogP contribution in [0.2, 0.25) is 0 Å². The maximum atomic E-state index is 13.0. The number of esters is 1. The van der Waals surface area contributed by atoms with E-state index in [-0.39, 0.29) is 17.5 Å². The number of carbonyl (C=O) groups is 2. The summed E-state index contributed by atoms with van der Waals surface area (Å²) in [4.78, 5) is 31.1. The fourth-order valence-electron chi connectivity index (χ4n) is 7.27. The predicted molar refractivity (Wildman–Crippen MR) is 143 cm³/mol. The molecule has 5 heterocycles. The van der Waals surface area contributed by atoms with E-state index in [9.17, 15) is 35.1 Å². The quantitative estimate of drug-likeness (QED) is 0.257. The Labute approximate surface area is 241 Å². The van der Waals surface area contributed by atoms with Crippen molar-refractivity contribution in [2.24, 2.45) is 17.8 Å². The van der Waals surface area contributed by atoms with Crippen LogP contribution in [0.4, 0.5) is 0 Å². The fourth-order valence-corrected chi connectivity index (χ4v) is 7.27. The molecule has 4 aliphatic heterocycles. The molecule has 2 aromatic rings. The number of hydrogen-bond donors (Lipinski definition) is 6. The molecule has 11 atom stereocenters. The number of nitrogens with zero attached hydrogens (tertiary/aromatic N) is 1. The number of carbonyl (C=O) groups excluding carboxylic acids is 1. The smallest absolute Gasteiger partial charge is 0.337 e. The molecule has 6 N–H and O–H groups in total. The topological polar surface area (TPSA) is 191 Å². The Bertz CT molecular complexity index is 1370. The van der Waals surface area contributed by atoms with Crippen LogP contribution in [-0.4, -0.2) is 111 Å². The van der Waals surface area contributed by atoms with Crippen molar-refractivity contribution in [1.29, 1.82) is 0 Å². The van der Waals surface area contributed by atoms with Crippen LogP contribution in [0.5, 0.6) is 0 Å². The van der Waals surface area contributed by atoms with E-state index in [1.807, 2.05) is 36.1 Å². The van der Waals surface area contributed by atoms with E-state index in [0.717, 1.165) is 22.2 Å². The minimum atomic E-state index is -1.64. The first-order valence-electron chi connectivity index (χ1n) is 14.1. The Hall–Kier alpha value is -3.04. The van der Waals surface area contributed by atoms with Gasteiger partial charge in [0.05, 0.1) is 31.6 Å². The largest absolute Gasteiger partial charge is 0.480 e. The van der Waals surface area contributed by atoms with E-state index in [0.29, 0.717) is 19.4 Å². The summed E-state index contributed by atoms with van der Waals surface area (Å²) in [5.41, 5.74) is 3.03. The molecule has 13 heteroatoms. The average Bonchev–Trinajstić information content (AvgIpc) is 3.28. The second-order valence-electron chi connectivity index (χ2n) is 11.6. The third kappa shape index (κ3) is 4.69. The van der Waals surface area contributed by atoms with Gasteiger partial charge in [0.15, 0.2) is 6.29 Å². The van der Waals surface area contributed by atoms with Gasteiger partial charge in [-0.25, -0.2) is 4.79 Å². The minimum absolute atomic E-state index is 0.278. The van der Waals surface area contributed by atoms with Gasteiger partial charge in [-0.3, -0.25) is 9.69 Å². The van der Waals surface area contributed by atoms with Gasteiger partial charge in [-0.1, -0.05) is 25.1 Å². The lowest BCUT2D eigenvalue weighted by Gasteiger charge is -2.44. The molecular formula is C29H36N2O11. The molecule has 1 unspecified atom stereocenters. The molecule has 228 valence electrons. The molecule has 0 radical (unpaired) electrons. The number of para-hydroxylation sites is 1. The number of aromatic nitrogens is 1. The number of aliphatic hydroxyl groups excluding tert-OH is 4. The molecule has 13 nitrogen and oxygen atoms in total. The number of aromatic amines is 1. The number of H-pyrrole nitrogens is 1. The number of hydrogen-bond acceptors (Lipinski definition) is 11. The van der Waals surface area contributed by atoms with Crippen LogP contribution in [0.25, 0.3) is 10.9 Å². The van der Waals surface area contributed by atoms with E-state index in [1.54, 1.807) is 0 Å². The second kappa shape index (κ2) is 11.2. The molecule has 2 saturated heterocycles. The van der Waals surface area contributed by atoms with Crippen molar-refractivity contribution in [1.82, 2.24) is 9.88 Å². The molecule has 0 spiro atoms. The zero-order chi connectivity index (χ0) is 29.9. The number of carboxylic acid groups (broad SMARTS) is 1. The van der Waals surface area contributed by atoms with Crippen molar-refractivity contribution in [2.75, 3.05) is 20.3 Å². The molecule has 2 fully saturated rings. The van der Waals surface area contributed by atoms with Crippen LogP contribution in [-0.2, 0) is 35.0 Å². The summed E-state index contributed by atoms with van der Waals surface area (Å²) in [6, 6.07) is 6.58. The van der Waals surface area contributed by atoms with Gasteiger partial charge in [0, 0.05) is 41.4 Å². The van der Waals surface area contributed by atoms with Crippen molar-refractivity contribution in [3.8, 4) is 0 Å². The Balaban J connectivity index is 1.39. The maximum Gasteiger partial charge on any atom is 0.337 e. The number of aliphatic hydroxyl groups is 4. The first-order chi connectivity index (χ1) is 20.1. The summed E-state index contributed by atoms with van der Waals surface area (Å²) in [7, 11) is 1.28. The van der Waals surface area contributed by atoms with Crippen molar-refractivity contribution in [3.05, 3.63) is 47.4 Å². The van der Waals surface area contributed by atoms with Gasteiger partial charge in [0.1, 0.15) is 30.5 Å². The maximum absolute atomic E-state index is 13.0. The summed E-state index contributed by atoms with van der Waals surface area (Å²) in [5.74, 6) is -2.83. The number of rotatable bonds is 5. The van der Waals surface area contributed by atoms with Crippen LogP contribution >= 0.6 is 0 Å². The van der Waals surface area contributed by atoms with Crippen molar-refractivity contribution in [3.63, 3.8) is 0 Å². The SMILES string of the molecule is COC(=O)C1=CO[C@H](O[C@@H]2O[C@H](CO)[C@@H](O)[C@H](O)[C@H]2O)[C@@H]2C(C)CN3[C@H](C(=O)O)Cc4c([nH]c5ccccc45)[C@@H]3C[C@H]12. The van der Waals surface area contributed by atoms with Crippen molar-refractivity contribution < 1.29 is 54.1 Å². The van der Waals surface area contributed by atoms with E-state index in [2.05, 4.69) is 4.98 Å². The molecule has 1 aromatic carbocycles. The molecule has 0 saturated carbocycles. The number of carboxylic acids is 1. The zero-order valence-electron chi connectivity index (χ0n) is 23.2. The molecule has 4 aliphatic rings. The second-order valence-corrected chi connectivity index (χ2v) is 11.6. The van der Waals surface area contributed by atoms with E-state index in [4.69, 9.17) is 18.9 Å². The monoisotopic (exact) mass is 588 g/mol. The van der Waals surface area contributed by atoms with Crippen LogP contribution in [0, 0.1) is 17.8 Å². The zero-order valence-corrected chi connectivity index (χ0v) is 23.2. The summed E-state index contributed by atoms with van der Waals surface area (Å²) < 4.78 is 22.7. The first kappa shape index (κ1) is 29.1. The Morgan fingerprint density at radius 2 is 1.88 bits per heavy atom. The van der Waals surface area contributed by atoms with Crippen molar-refractivity contribution >= 4 is 22.8 Å². The lowest BCUT2D eigenvalue weighted by molar-refractivity contribution is -0.343. The van der Waals surface area contributed by atoms with E-state index < -0.39 is 73.4 Å². The third-order valence-electron chi connectivity index (χ3n) is 9.34. The molecule has 0 bridgehead atoms. The summed E-state index contributed by atoms with van der Waals surface area (Å²) in [5, 5.41) is 52.0. The lowest BCUT2D eigenvalue weighted by atomic mass is 9.74. The van der Waals surface area contributed by atoms with Crippen LogP contribution in [0.15, 0.2) is 36.1 Å². The van der Waals surface area contributed by atoms with Crippen molar-refractivity contribution in [2.45, 2.75) is 68.8 Å². The lowest BCUT2D eigenvalue weighted by Crippen LogP contribution is -2.60. The average molecular weight is 589 g/mol. The highest BCUT2D eigenvalue weighted by Crippen LogP contribution is 2.50. The fraction of sp³-hybridized carbons (Fsp3) is 0.586. The molecule has 6 rings (SSSR count). The highest BCUT2D eigenvalue weighted by molar-refractivity contribution is 5.89. The van der Waals surface area contributed by atoms with Crippen LogP contribution < -0.4 is 0 Å². The summed E-state index contributed by atoms with van der Waals surface area (Å²) >= 11 is 0. The summed E-state index contributed by atoms with van der Waals surface area (Å²) in [6.07, 6.45) is -6.62. The van der Waals surface area contributed by atoms with Crippen LogP contribution in [0.1, 0.15) is 30.6 Å². The van der Waals surface area contributed by atoms with Gasteiger partial charge in [-0.2, -0.15) is 0 Å². The highest BCUT2D eigenvalue weighted by atomic mass is 16.8. The number of aliphatic carboxylic acids is 1. The molecule has 0 amide bonds. The Morgan fingerprint density at radius 1 is 1.12 bits per heavy atom. The van der Waals surface area contributed by atoms with Gasteiger partial charge >= 0.3 is 11.9 Å². The number of nitrogens with one attached hydrogen (secondary N) is 1. The van der Waals surface area contributed by atoms with Crippen LogP contribution in [0.3, 0.4) is 0 Å². The van der Waals surface area contributed by atoms with Gasteiger partial charge < -0.3 is 49.5 Å². The minimum Gasteiger partial charge on any atom is -0.480 e. The Morgan fingerprint density at radius 3 is 2.60 bits per heavy atom. The normalized spacial score (nSPS) is 38.3. The molecular weight excluding hydrogens is 552 g/mol. The number of benzene rings is 1. The standard InChI is InChI=1S/C29H36N2O11/c1-12-9-31-18(22-15(8-19(31)26(36)37)13-5-3-4-6-17(13)30-22)7-14-16(27(38)39-2)11-40-28(21(12)14)42-29-25(35)24(34)23(33)20(10-32)41-29/h3-6,11-12,14,18-21,23-25,28-30,32-35H,7-10H2,1-2H3,(H,36,37)/t12?,14-,18+,19+,20-,21-,23-,24+,25-,28-,29+/m1/s1. The van der Waals surface area contributed by atoms with E-state index >= 15 is 0 Å². The highest BCUT2D eigenvalue weighted by Gasteiger charge is 2.53. The molecule has 0 aliphatic carbocycles. The third-order valence-corrected chi connectivity index (χ3v) is 9.34. The van der Waals surface area contributed by atoms with Gasteiger partial charge in [0.2, 0.25) is 6.29 Å². The predicted octanol–water partition coefficient (Wildman–Crippen LogP) is 0.0222. The van der Waals surface area contributed by atoms with E-state index in [1.165, 1.54) is 13.4 Å². The number of ether oxygens (including phenoxy) is 4. The van der Waals surface area contributed by atoms with Gasteiger partial charge in [0.25, 0.3) is 0 Å². The Kier molecular flexibility index (Phi) is 7.77. The molecule has 1 aromatic heterocycles. The van der Waals surface area contributed by atoms with Gasteiger partial charge in [-0.05, 0) is 24.0 Å². The van der Waals surface area contributed by atoms with Gasteiger partial charge in [-0.15, -0.1) is 0 Å². The first-order valence-corrected chi connectivity index (χ1v) is 14.1. The summed E-state index contributed by atoms with van der Waals surface area (Å²) in [6.45, 7) is 1.64. The number of methoxy groups -OCH3 is 1. The number of fused-ring (bicyclic) bond motifs is 6. The molecule has 42 heavy (non-hydrogen) atoms.